The maximum absolute atomic E-state index is 12.0. The molecule has 0 unspecified atom stereocenters. The molecule has 0 fully saturated rings. The van der Waals surface area contributed by atoms with Crippen LogP contribution in [0.1, 0.15) is 26.3 Å². The van der Waals surface area contributed by atoms with Gasteiger partial charge in [-0.2, -0.15) is 0 Å². The highest BCUT2D eigenvalue weighted by Crippen LogP contribution is 2.15. The standard InChI is InChI=1S/C15H13BrN2O2/c16-13-4-2-1-3-12(13)15(20)18-9-10-5-7-11(8-6-10)14(17)19/h1-8H,9H2,(H2,17,19)(H,18,20). The molecule has 3 N–H and O–H groups in total. The van der Waals surface area contributed by atoms with E-state index in [0.29, 0.717) is 17.7 Å². The second-order valence-electron chi connectivity index (χ2n) is 4.22. The predicted molar refractivity (Wildman–Crippen MR) is 80.3 cm³/mol. The number of rotatable bonds is 4. The van der Waals surface area contributed by atoms with Gasteiger partial charge in [-0.15, -0.1) is 0 Å². The third-order valence-electron chi connectivity index (χ3n) is 2.81. The lowest BCUT2D eigenvalue weighted by molar-refractivity contribution is 0.0948. The van der Waals surface area contributed by atoms with E-state index in [2.05, 4.69) is 21.2 Å². The van der Waals surface area contributed by atoms with E-state index in [9.17, 15) is 9.59 Å². The molecule has 0 aromatic heterocycles. The number of carbonyl (C=O) groups excluding carboxylic acids is 2. The minimum atomic E-state index is -0.464. The van der Waals surface area contributed by atoms with Crippen LogP contribution < -0.4 is 11.1 Å². The topological polar surface area (TPSA) is 72.2 Å². The van der Waals surface area contributed by atoms with Gasteiger partial charge in [0.2, 0.25) is 5.91 Å². The summed E-state index contributed by atoms with van der Waals surface area (Å²) in [6, 6.07) is 14.0. The van der Waals surface area contributed by atoms with Crippen LogP contribution in [0.4, 0.5) is 0 Å². The maximum atomic E-state index is 12.0. The predicted octanol–water partition coefficient (Wildman–Crippen LogP) is 2.48. The van der Waals surface area contributed by atoms with Crippen LogP contribution in [0.3, 0.4) is 0 Å². The van der Waals surface area contributed by atoms with Crippen LogP contribution in [-0.4, -0.2) is 11.8 Å². The normalized spacial score (nSPS) is 10.1. The average molecular weight is 333 g/mol. The molecule has 0 spiro atoms. The van der Waals surface area contributed by atoms with Crippen LogP contribution in [0.25, 0.3) is 0 Å². The van der Waals surface area contributed by atoms with E-state index in [4.69, 9.17) is 5.73 Å². The van der Waals surface area contributed by atoms with Gasteiger partial charge in [-0.25, -0.2) is 0 Å². The van der Waals surface area contributed by atoms with Crippen LogP contribution in [0, 0.1) is 0 Å². The van der Waals surface area contributed by atoms with E-state index in [-0.39, 0.29) is 5.91 Å². The molecule has 0 radical (unpaired) electrons. The van der Waals surface area contributed by atoms with Gasteiger partial charge in [-0.3, -0.25) is 9.59 Å². The Balaban J connectivity index is 2.00. The summed E-state index contributed by atoms with van der Waals surface area (Å²) < 4.78 is 0.751. The van der Waals surface area contributed by atoms with E-state index in [1.807, 2.05) is 12.1 Å². The highest BCUT2D eigenvalue weighted by atomic mass is 79.9. The molecule has 0 bridgehead atoms. The van der Waals surface area contributed by atoms with Gasteiger partial charge in [0, 0.05) is 16.6 Å². The van der Waals surface area contributed by atoms with Gasteiger partial charge in [0.25, 0.3) is 5.91 Å². The van der Waals surface area contributed by atoms with Gasteiger partial charge in [-0.1, -0.05) is 24.3 Å². The number of benzene rings is 2. The summed E-state index contributed by atoms with van der Waals surface area (Å²) in [5.74, 6) is -0.620. The fraction of sp³-hybridized carbons (Fsp3) is 0.0667. The number of halogens is 1. The number of hydrogen-bond donors (Lipinski definition) is 2. The molecule has 2 rings (SSSR count). The third kappa shape index (κ3) is 3.45. The molecule has 5 heteroatoms. The van der Waals surface area contributed by atoms with Crippen molar-refractivity contribution in [2.24, 2.45) is 5.73 Å². The number of carbonyl (C=O) groups is 2. The van der Waals surface area contributed by atoms with Crippen molar-refractivity contribution in [2.75, 3.05) is 0 Å². The van der Waals surface area contributed by atoms with E-state index in [1.165, 1.54) is 0 Å². The summed E-state index contributed by atoms with van der Waals surface area (Å²) in [5.41, 5.74) is 7.10. The van der Waals surface area contributed by atoms with E-state index in [0.717, 1.165) is 10.0 Å². The summed E-state index contributed by atoms with van der Waals surface area (Å²) in [7, 11) is 0. The van der Waals surface area contributed by atoms with E-state index >= 15 is 0 Å². The van der Waals surface area contributed by atoms with Crippen molar-refractivity contribution in [3.63, 3.8) is 0 Å². The molecule has 0 aliphatic heterocycles. The lowest BCUT2D eigenvalue weighted by atomic mass is 10.1. The molecule has 2 amide bonds. The summed E-state index contributed by atoms with van der Waals surface area (Å²) in [5, 5.41) is 2.82. The Morgan fingerprint density at radius 2 is 1.70 bits per heavy atom. The lowest BCUT2D eigenvalue weighted by Crippen LogP contribution is -2.23. The van der Waals surface area contributed by atoms with Gasteiger partial charge in [0.1, 0.15) is 0 Å². The summed E-state index contributed by atoms with van der Waals surface area (Å²) in [6.45, 7) is 0.388. The molecule has 4 nitrogen and oxygen atoms in total. The number of nitrogens with one attached hydrogen (secondary N) is 1. The smallest absolute Gasteiger partial charge is 0.252 e. The van der Waals surface area contributed by atoms with Crippen molar-refractivity contribution in [1.82, 2.24) is 5.32 Å². The van der Waals surface area contributed by atoms with E-state index in [1.54, 1.807) is 36.4 Å². The van der Waals surface area contributed by atoms with Gasteiger partial charge < -0.3 is 11.1 Å². The molecule has 102 valence electrons. The molecule has 2 aromatic carbocycles. The van der Waals surface area contributed by atoms with Crippen molar-refractivity contribution in [3.8, 4) is 0 Å². The van der Waals surface area contributed by atoms with E-state index < -0.39 is 5.91 Å². The minimum Gasteiger partial charge on any atom is -0.366 e. The van der Waals surface area contributed by atoms with Gasteiger partial charge in [0.15, 0.2) is 0 Å². The second-order valence-corrected chi connectivity index (χ2v) is 5.08. The van der Waals surface area contributed by atoms with Crippen molar-refractivity contribution in [3.05, 3.63) is 69.7 Å². The van der Waals surface area contributed by atoms with Crippen molar-refractivity contribution >= 4 is 27.7 Å². The number of hydrogen-bond acceptors (Lipinski definition) is 2. The molecule has 0 atom stereocenters. The zero-order chi connectivity index (χ0) is 14.5. The summed E-state index contributed by atoms with van der Waals surface area (Å²) in [6.07, 6.45) is 0. The second kappa shape index (κ2) is 6.34. The zero-order valence-electron chi connectivity index (χ0n) is 10.6. The first-order chi connectivity index (χ1) is 9.58. The average Bonchev–Trinajstić information content (AvgIpc) is 2.45. The van der Waals surface area contributed by atoms with Crippen molar-refractivity contribution < 1.29 is 9.59 Å². The van der Waals surface area contributed by atoms with Crippen LogP contribution in [0.15, 0.2) is 53.0 Å². The molecule has 0 heterocycles. The molecule has 0 saturated carbocycles. The molecule has 0 saturated heterocycles. The Kier molecular flexibility index (Phi) is 4.53. The van der Waals surface area contributed by atoms with Crippen LogP contribution in [0.5, 0.6) is 0 Å². The fourth-order valence-electron chi connectivity index (χ4n) is 1.71. The van der Waals surface area contributed by atoms with Crippen LogP contribution >= 0.6 is 15.9 Å². The van der Waals surface area contributed by atoms with Gasteiger partial charge in [0.05, 0.1) is 5.56 Å². The lowest BCUT2D eigenvalue weighted by Gasteiger charge is -2.07. The third-order valence-corrected chi connectivity index (χ3v) is 3.50. The molecular formula is C15H13BrN2O2. The summed E-state index contributed by atoms with van der Waals surface area (Å²) in [4.78, 5) is 22.9. The largest absolute Gasteiger partial charge is 0.366 e. The monoisotopic (exact) mass is 332 g/mol. The Labute approximate surface area is 125 Å². The van der Waals surface area contributed by atoms with Gasteiger partial charge in [-0.05, 0) is 45.8 Å². The highest BCUT2D eigenvalue weighted by molar-refractivity contribution is 9.10. The Morgan fingerprint density at radius 1 is 1.05 bits per heavy atom. The zero-order valence-corrected chi connectivity index (χ0v) is 12.2. The first-order valence-corrected chi connectivity index (χ1v) is 6.78. The molecule has 20 heavy (non-hydrogen) atoms. The summed E-state index contributed by atoms with van der Waals surface area (Å²) >= 11 is 3.34. The van der Waals surface area contributed by atoms with Crippen LogP contribution in [-0.2, 0) is 6.54 Å². The highest BCUT2D eigenvalue weighted by Gasteiger charge is 2.08. The SMILES string of the molecule is NC(=O)c1ccc(CNC(=O)c2ccccc2Br)cc1. The number of amides is 2. The van der Waals surface area contributed by atoms with Crippen molar-refractivity contribution in [1.29, 1.82) is 0 Å². The first kappa shape index (κ1) is 14.3. The minimum absolute atomic E-state index is 0.156. The molecule has 0 aliphatic carbocycles. The first-order valence-electron chi connectivity index (χ1n) is 5.99. The Bertz CT molecular complexity index is 639. The number of primary amides is 1. The Morgan fingerprint density at radius 3 is 2.30 bits per heavy atom. The quantitative estimate of drug-likeness (QED) is 0.902. The van der Waals surface area contributed by atoms with Gasteiger partial charge >= 0.3 is 0 Å². The van der Waals surface area contributed by atoms with Crippen molar-refractivity contribution in [2.45, 2.75) is 6.54 Å². The molecule has 0 aliphatic rings. The molecule has 2 aromatic rings. The number of nitrogens with two attached hydrogens (primary N) is 1. The van der Waals surface area contributed by atoms with Crippen LogP contribution in [0.2, 0.25) is 0 Å². The molecular weight excluding hydrogens is 320 g/mol. The Hall–Kier alpha value is -2.14. The maximum Gasteiger partial charge on any atom is 0.252 e. The fourth-order valence-corrected chi connectivity index (χ4v) is 2.17.